The van der Waals surface area contributed by atoms with Gasteiger partial charge in [-0.1, -0.05) is 78.9 Å². The number of hydrogen-bond acceptors (Lipinski definition) is 4. The van der Waals surface area contributed by atoms with Gasteiger partial charge in [-0.25, -0.2) is 0 Å². The van der Waals surface area contributed by atoms with E-state index in [1.165, 1.54) is 15.9 Å². The number of nitrogens with one attached hydrogen (secondary N) is 1. The summed E-state index contributed by atoms with van der Waals surface area (Å²) in [6.45, 7) is 0.711. The van der Waals surface area contributed by atoms with E-state index in [1.54, 1.807) is 0 Å². The van der Waals surface area contributed by atoms with E-state index < -0.39 is 0 Å². The maximum atomic E-state index is 9.81. The van der Waals surface area contributed by atoms with E-state index in [9.17, 15) is 5.26 Å². The van der Waals surface area contributed by atoms with E-state index in [0.29, 0.717) is 12.1 Å². The minimum Gasteiger partial charge on any atom is -0.305 e. The van der Waals surface area contributed by atoms with Crippen LogP contribution in [0.3, 0.4) is 0 Å². The predicted molar refractivity (Wildman–Crippen MR) is 144 cm³/mol. The van der Waals surface area contributed by atoms with E-state index in [-0.39, 0.29) is 6.04 Å². The van der Waals surface area contributed by atoms with Crippen LogP contribution in [0.4, 0.5) is 0 Å². The lowest BCUT2D eigenvalue weighted by Crippen LogP contribution is -2.32. The van der Waals surface area contributed by atoms with E-state index >= 15 is 0 Å². The molecule has 0 fully saturated rings. The topological polar surface area (TPSA) is 48.2 Å². The van der Waals surface area contributed by atoms with Gasteiger partial charge in [-0.3, -0.25) is 4.99 Å². The Morgan fingerprint density at radius 3 is 2.53 bits per heavy atom. The zero-order valence-corrected chi connectivity index (χ0v) is 19.6. The molecule has 1 heterocycles. The average Bonchev–Trinajstić information content (AvgIpc) is 2.91. The lowest BCUT2D eigenvalue weighted by atomic mass is 9.93. The highest BCUT2D eigenvalue weighted by Gasteiger charge is 2.17. The first-order chi connectivity index (χ1) is 16.8. The predicted octanol–water partition coefficient (Wildman–Crippen LogP) is 6.74. The number of aliphatic imine (C=N–C) groups is 1. The van der Waals surface area contributed by atoms with Gasteiger partial charge in [0.25, 0.3) is 0 Å². The van der Waals surface area contributed by atoms with Gasteiger partial charge < -0.3 is 5.32 Å². The first-order valence-electron chi connectivity index (χ1n) is 11.4. The Morgan fingerprint density at radius 2 is 1.71 bits per heavy atom. The Kier molecular flexibility index (Phi) is 6.86. The van der Waals surface area contributed by atoms with Crippen molar-refractivity contribution in [3.05, 3.63) is 119 Å². The summed E-state index contributed by atoms with van der Waals surface area (Å²) in [6, 6.07) is 33.9. The minimum absolute atomic E-state index is 0.182. The zero-order chi connectivity index (χ0) is 23.2. The van der Waals surface area contributed by atoms with E-state index in [1.807, 2.05) is 36.3 Å². The molecular weight excluding hydrogens is 434 g/mol. The number of rotatable bonds is 7. The highest BCUT2D eigenvalue weighted by atomic mass is 32.2. The zero-order valence-electron chi connectivity index (χ0n) is 18.8. The third-order valence-corrected chi connectivity index (χ3v) is 7.13. The Balaban J connectivity index is 1.44. The van der Waals surface area contributed by atoms with Gasteiger partial charge in [0.15, 0.2) is 0 Å². The van der Waals surface area contributed by atoms with Crippen molar-refractivity contribution >= 4 is 28.7 Å². The van der Waals surface area contributed by atoms with Crippen molar-refractivity contribution in [3.8, 4) is 17.2 Å². The van der Waals surface area contributed by atoms with Crippen molar-refractivity contribution in [3.63, 3.8) is 0 Å². The van der Waals surface area contributed by atoms with Crippen LogP contribution in [-0.4, -0.2) is 18.0 Å². The van der Waals surface area contributed by atoms with Crippen LogP contribution in [0.1, 0.15) is 16.7 Å². The van der Waals surface area contributed by atoms with Gasteiger partial charge in [0.05, 0.1) is 11.6 Å². The first kappa shape index (κ1) is 22.2. The summed E-state index contributed by atoms with van der Waals surface area (Å²) in [5.74, 6) is 0.904. The molecule has 166 valence electrons. The lowest BCUT2D eigenvalue weighted by molar-refractivity contribution is 0.582. The molecule has 34 heavy (non-hydrogen) atoms. The van der Waals surface area contributed by atoms with Gasteiger partial charge in [-0.15, -0.1) is 11.8 Å². The molecule has 4 aromatic rings. The van der Waals surface area contributed by atoms with Crippen LogP contribution in [0.5, 0.6) is 0 Å². The maximum Gasteiger partial charge on any atom is 0.0998 e. The molecule has 0 aliphatic carbocycles. The second kappa shape index (κ2) is 10.5. The summed E-state index contributed by atoms with van der Waals surface area (Å²) in [5, 5.41) is 15.9. The summed E-state index contributed by atoms with van der Waals surface area (Å²) in [5.41, 5.74) is 5.23. The average molecular weight is 460 g/mol. The monoisotopic (exact) mass is 459 g/mol. The summed E-state index contributed by atoms with van der Waals surface area (Å²) in [4.78, 5) is 5.66. The second-order valence-corrected chi connectivity index (χ2v) is 9.41. The van der Waals surface area contributed by atoms with Crippen molar-refractivity contribution in [2.45, 2.75) is 19.0 Å². The van der Waals surface area contributed by atoms with Crippen LogP contribution in [0.2, 0.25) is 0 Å². The molecule has 4 heteroatoms. The largest absolute Gasteiger partial charge is 0.305 e. The lowest BCUT2D eigenvalue weighted by Gasteiger charge is -2.23. The summed E-state index contributed by atoms with van der Waals surface area (Å²) >= 11 is 1.84. The maximum absolute atomic E-state index is 9.81. The molecule has 4 aromatic carbocycles. The van der Waals surface area contributed by atoms with Crippen LogP contribution in [0.15, 0.2) is 107 Å². The highest BCUT2D eigenvalue weighted by molar-refractivity contribution is 8.03. The number of nitrogens with zero attached hydrogens (tertiary/aromatic N) is 2. The Hall–Kier alpha value is -3.65. The van der Waals surface area contributed by atoms with Gasteiger partial charge in [-0.05, 0) is 46.0 Å². The highest BCUT2D eigenvalue weighted by Crippen LogP contribution is 2.32. The number of thioether (sulfide) groups is 1. The third-order valence-electron chi connectivity index (χ3n) is 6.09. The summed E-state index contributed by atoms with van der Waals surface area (Å²) in [7, 11) is 0. The standard InChI is InChI=1S/C30H25N3S/c31-19-25-14-13-23(17-28(25)27-12-6-10-24-9-4-5-11-26(24)27)20-33-29(30-21-32-15-16-34-30)18-22-7-2-1-3-8-22/h1-15,17,21,29,33H,16,18,20H2. The molecule has 3 nitrogen and oxygen atoms in total. The SMILES string of the molecule is N#Cc1ccc(CNC(Cc2ccccc2)C2=CN=CCS2)cc1-c1cccc2ccccc12. The molecule has 0 spiro atoms. The molecule has 0 bridgehead atoms. The fourth-order valence-electron chi connectivity index (χ4n) is 4.38. The van der Waals surface area contributed by atoms with E-state index in [2.05, 4.69) is 95.2 Å². The van der Waals surface area contributed by atoms with Crippen molar-refractivity contribution in [2.75, 3.05) is 5.75 Å². The van der Waals surface area contributed by atoms with Crippen LogP contribution < -0.4 is 5.32 Å². The molecule has 1 N–H and O–H groups in total. The molecule has 1 unspecified atom stereocenters. The van der Waals surface area contributed by atoms with Crippen LogP contribution in [-0.2, 0) is 13.0 Å². The molecule has 0 aromatic heterocycles. The van der Waals surface area contributed by atoms with Crippen LogP contribution >= 0.6 is 11.8 Å². The van der Waals surface area contributed by atoms with Gasteiger partial charge >= 0.3 is 0 Å². The number of benzene rings is 4. The molecule has 0 saturated carbocycles. The Labute approximate surface area is 204 Å². The molecule has 1 aliphatic heterocycles. The van der Waals surface area contributed by atoms with Gasteiger partial charge in [0.2, 0.25) is 0 Å². The van der Waals surface area contributed by atoms with Crippen LogP contribution in [0.25, 0.3) is 21.9 Å². The molecule has 0 radical (unpaired) electrons. The smallest absolute Gasteiger partial charge is 0.0998 e. The molecule has 1 atom stereocenters. The van der Waals surface area contributed by atoms with Crippen LogP contribution in [0, 0.1) is 11.3 Å². The Bertz CT molecular complexity index is 1390. The summed E-state index contributed by atoms with van der Waals surface area (Å²) in [6.07, 6.45) is 4.83. The molecule has 0 saturated heterocycles. The van der Waals surface area contributed by atoms with Gasteiger partial charge in [0.1, 0.15) is 0 Å². The minimum atomic E-state index is 0.182. The summed E-state index contributed by atoms with van der Waals surface area (Å²) < 4.78 is 0. The molecule has 0 amide bonds. The molecule has 5 rings (SSSR count). The van der Waals surface area contributed by atoms with Crippen molar-refractivity contribution in [1.82, 2.24) is 5.32 Å². The third kappa shape index (κ3) is 4.97. The van der Waals surface area contributed by atoms with E-state index in [0.717, 1.165) is 34.3 Å². The fraction of sp³-hybridized carbons (Fsp3) is 0.133. The first-order valence-corrected chi connectivity index (χ1v) is 12.4. The second-order valence-electron chi connectivity index (χ2n) is 8.32. The van der Waals surface area contributed by atoms with Crippen molar-refractivity contribution in [1.29, 1.82) is 5.26 Å². The number of nitriles is 1. The van der Waals surface area contributed by atoms with Crippen molar-refractivity contribution in [2.24, 2.45) is 4.99 Å². The van der Waals surface area contributed by atoms with Gasteiger partial charge in [0, 0.05) is 41.2 Å². The normalized spacial score (nSPS) is 13.9. The number of fused-ring (bicyclic) bond motifs is 1. The van der Waals surface area contributed by atoms with E-state index in [4.69, 9.17) is 0 Å². The quantitative estimate of drug-likeness (QED) is 0.333. The fourth-order valence-corrected chi connectivity index (χ4v) is 5.23. The number of hydrogen-bond donors (Lipinski definition) is 1. The molecule has 1 aliphatic rings. The molecular formula is C30H25N3S. The van der Waals surface area contributed by atoms with Gasteiger partial charge in [-0.2, -0.15) is 5.26 Å². The Morgan fingerprint density at radius 1 is 0.882 bits per heavy atom. The van der Waals surface area contributed by atoms with Crippen molar-refractivity contribution < 1.29 is 0 Å².